The maximum absolute atomic E-state index is 11.9. The SMILES string of the molecule is COc1ccccc1CC(=O)Nc1cc(Cl)ncn1. The predicted octanol–water partition coefficient (Wildman–Crippen LogP) is 2.32. The highest BCUT2D eigenvalue weighted by Gasteiger charge is 2.09. The highest BCUT2D eigenvalue weighted by atomic mass is 35.5. The van der Waals surface area contributed by atoms with Crippen molar-refractivity contribution in [1.29, 1.82) is 0 Å². The predicted molar refractivity (Wildman–Crippen MR) is 72.4 cm³/mol. The zero-order valence-corrected chi connectivity index (χ0v) is 11.0. The Hall–Kier alpha value is -2.14. The molecule has 0 aliphatic rings. The fourth-order valence-corrected chi connectivity index (χ4v) is 1.76. The van der Waals surface area contributed by atoms with Crippen molar-refractivity contribution in [1.82, 2.24) is 9.97 Å². The molecule has 0 spiro atoms. The molecule has 0 fully saturated rings. The lowest BCUT2D eigenvalue weighted by atomic mass is 10.1. The lowest BCUT2D eigenvalue weighted by Crippen LogP contribution is -2.15. The summed E-state index contributed by atoms with van der Waals surface area (Å²) in [6.07, 6.45) is 1.49. The molecule has 1 N–H and O–H groups in total. The Morgan fingerprint density at radius 2 is 2.16 bits per heavy atom. The summed E-state index contributed by atoms with van der Waals surface area (Å²) in [5, 5.41) is 2.93. The summed E-state index contributed by atoms with van der Waals surface area (Å²) in [4.78, 5) is 19.5. The molecule has 0 aliphatic heterocycles. The maximum atomic E-state index is 11.9. The normalized spacial score (nSPS) is 10.0. The number of nitrogens with one attached hydrogen (secondary N) is 1. The van der Waals surface area contributed by atoms with E-state index in [0.29, 0.717) is 11.6 Å². The molecule has 2 aromatic rings. The standard InChI is InChI=1S/C13H12ClN3O2/c1-19-10-5-3-2-4-9(10)6-13(18)17-12-7-11(14)15-8-16-12/h2-5,7-8H,6H2,1H3,(H,15,16,17,18). The number of hydrogen-bond donors (Lipinski definition) is 1. The molecule has 1 heterocycles. The number of hydrogen-bond acceptors (Lipinski definition) is 4. The van der Waals surface area contributed by atoms with Gasteiger partial charge in [-0.2, -0.15) is 0 Å². The van der Waals surface area contributed by atoms with Crippen LogP contribution in [-0.2, 0) is 11.2 Å². The van der Waals surface area contributed by atoms with E-state index in [1.165, 1.54) is 12.4 Å². The van der Waals surface area contributed by atoms with E-state index in [1.54, 1.807) is 7.11 Å². The third-order valence-corrected chi connectivity index (χ3v) is 2.65. The number of aromatic nitrogens is 2. The van der Waals surface area contributed by atoms with E-state index in [4.69, 9.17) is 16.3 Å². The van der Waals surface area contributed by atoms with Crippen LogP contribution in [0.25, 0.3) is 0 Å². The van der Waals surface area contributed by atoms with Gasteiger partial charge in [0, 0.05) is 11.6 Å². The molecular weight excluding hydrogens is 266 g/mol. The highest BCUT2D eigenvalue weighted by Crippen LogP contribution is 2.18. The number of ether oxygens (including phenoxy) is 1. The van der Waals surface area contributed by atoms with Gasteiger partial charge in [-0.05, 0) is 6.07 Å². The Morgan fingerprint density at radius 3 is 2.89 bits per heavy atom. The van der Waals surface area contributed by atoms with Crippen LogP contribution in [0, 0.1) is 0 Å². The number of amides is 1. The number of nitrogens with zero attached hydrogens (tertiary/aromatic N) is 2. The molecule has 1 aromatic carbocycles. The van der Waals surface area contributed by atoms with Gasteiger partial charge in [0.05, 0.1) is 13.5 Å². The van der Waals surface area contributed by atoms with Crippen molar-refractivity contribution in [3.63, 3.8) is 0 Å². The summed E-state index contributed by atoms with van der Waals surface area (Å²) in [7, 11) is 1.57. The molecule has 5 nitrogen and oxygen atoms in total. The molecule has 1 aromatic heterocycles. The van der Waals surface area contributed by atoms with Gasteiger partial charge in [-0.1, -0.05) is 29.8 Å². The van der Waals surface area contributed by atoms with E-state index in [9.17, 15) is 4.79 Å². The summed E-state index contributed by atoms with van der Waals surface area (Å²) < 4.78 is 5.19. The van der Waals surface area contributed by atoms with Crippen LogP contribution in [0.3, 0.4) is 0 Å². The molecule has 0 atom stereocenters. The van der Waals surface area contributed by atoms with Crippen molar-refractivity contribution in [3.8, 4) is 5.75 Å². The second-order valence-electron chi connectivity index (χ2n) is 3.76. The molecular formula is C13H12ClN3O2. The molecule has 0 aliphatic carbocycles. The van der Waals surface area contributed by atoms with Crippen molar-refractivity contribution < 1.29 is 9.53 Å². The van der Waals surface area contributed by atoms with Gasteiger partial charge < -0.3 is 10.1 Å². The van der Waals surface area contributed by atoms with Gasteiger partial charge >= 0.3 is 0 Å². The van der Waals surface area contributed by atoms with E-state index in [-0.39, 0.29) is 17.5 Å². The zero-order chi connectivity index (χ0) is 13.7. The highest BCUT2D eigenvalue weighted by molar-refractivity contribution is 6.29. The Kier molecular flexibility index (Phi) is 4.30. The Balaban J connectivity index is 2.05. The minimum Gasteiger partial charge on any atom is -0.496 e. The zero-order valence-electron chi connectivity index (χ0n) is 10.3. The first kappa shape index (κ1) is 13.3. The number of para-hydroxylation sites is 1. The topological polar surface area (TPSA) is 64.1 Å². The molecule has 1 amide bonds. The molecule has 2 rings (SSSR count). The largest absolute Gasteiger partial charge is 0.496 e. The van der Waals surface area contributed by atoms with Crippen molar-refractivity contribution in [2.75, 3.05) is 12.4 Å². The second-order valence-corrected chi connectivity index (χ2v) is 4.15. The van der Waals surface area contributed by atoms with E-state index < -0.39 is 0 Å². The molecule has 19 heavy (non-hydrogen) atoms. The Bertz CT molecular complexity index is 590. The van der Waals surface area contributed by atoms with E-state index >= 15 is 0 Å². The summed E-state index contributed by atoms with van der Waals surface area (Å²) in [5.74, 6) is 0.859. The number of methoxy groups -OCH3 is 1. The fraction of sp³-hybridized carbons (Fsp3) is 0.154. The van der Waals surface area contributed by atoms with Crippen LogP contribution in [-0.4, -0.2) is 23.0 Å². The van der Waals surface area contributed by atoms with E-state index in [2.05, 4.69) is 15.3 Å². The summed E-state index contributed by atoms with van der Waals surface area (Å²) in [5.41, 5.74) is 0.808. The molecule has 6 heteroatoms. The third-order valence-electron chi connectivity index (χ3n) is 2.44. The first-order valence-corrected chi connectivity index (χ1v) is 5.96. The van der Waals surface area contributed by atoms with Crippen LogP contribution >= 0.6 is 11.6 Å². The summed E-state index contributed by atoms with van der Waals surface area (Å²) >= 11 is 5.71. The van der Waals surface area contributed by atoms with Crippen molar-refractivity contribution in [2.24, 2.45) is 0 Å². The Morgan fingerprint density at radius 1 is 1.37 bits per heavy atom. The third kappa shape index (κ3) is 3.66. The fourth-order valence-electron chi connectivity index (χ4n) is 1.61. The minimum atomic E-state index is -0.195. The second kappa shape index (κ2) is 6.15. The number of benzene rings is 1. The van der Waals surface area contributed by atoms with Gasteiger partial charge in [-0.3, -0.25) is 4.79 Å². The lowest BCUT2D eigenvalue weighted by Gasteiger charge is -2.08. The first-order valence-electron chi connectivity index (χ1n) is 5.58. The molecule has 98 valence electrons. The quantitative estimate of drug-likeness (QED) is 0.871. The average Bonchev–Trinajstić information content (AvgIpc) is 2.39. The average molecular weight is 278 g/mol. The first-order chi connectivity index (χ1) is 9.19. The van der Waals surface area contributed by atoms with Gasteiger partial charge in [-0.15, -0.1) is 0 Å². The maximum Gasteiger partial charge on any atom is 0.230 e. The van der Waals surface area contributed by atoms with Crippen LogP contribution in [0.15, 0.2) is 36.7 Å². The molecule has 0 radical (unpaired) electrons. The van der Waals surface area contributed by atoms with Crippen LogP contribution in [0.4, 0.5) is 5.82 Å². The minimum absolute atomic E-state index is 0.195. The van der Waals surface area contributed by atoms with Gasteiger partial charge in [0.15, 0.2) is 0 Å². The van der Waals surface area contributed by atoms with Crippen molar-refractivity contribution >= 4 is 23.3 Å². The molecule has 0 bridgehead atoms. The lowest BCUT2D eigenvalue weighted by molar-refractivity contribution is -0.115. The molecule has 0 saturated heterocycles. The number of carbonyl (C=O) groups excluding carboxylic acids is 1. The summed E-state index contributed by atoms with van der Waals surface area (Å²) in [6.45, 7) is 0. The van der Waals surface area contributed by atoms with Gasteiger partial charge in [0.2, 0.25) is 5.91 Å². The Labute approximate surface area is 115 Å². The van der Waals surface area contributed by atoms with Crippen LogP contribution < -0.4 is 10.1 Å². The number of halogens is 1. The summed E-state index contributed by atoms with van der Waals surface area (Å²) in [6, 6.07) is 8.84. The van der Waals surface area contributed by atoms with Crippen LogP contribution in [0.2, 0.25) is 5.15 Å². The smallest absolute Gasteiger partial charge is 0.230 e. The van der Waals surface area contributed by atoms with E-state index in [1.807, 2.05) is 24.3 Å². The van der Waals surface area contributed by atoms with Gasteiger partial charge in [0.25, 0.3) is 0 Å². The van der Waals surface area contributed by atoms with Gasteiger partial charge in [-0.25, -0.2) is 9.97 Å². The van der Waals surface area contributed by atoms with Crippen molar-refractivity contribution in [3.05, 3.63) is 47.4 Å². The molecule has 0 unspecified atom stereocenters. The van der Waals surface area contributed by atoms with E-state index in [0.717, 1.165) is 5.56 Å². The monoisotopic (exact) mass is 277 g/mol. The number of anilines is 1. The molecule has 0 saturated carbocycles. The van der Waals surface area contributed by atoms with Crippen LogP contribution in [0.1, 0.15) is 5.56 Å². The van der Waals surface area contributed by atoms with Gasteiger partial charge in [0.1, 0.15) is 23.0 Å². The number of rotatable bonds is 4. The number of carbonyl (C=O) groups is 1. The van der Waals surface area contributed by atoms with Crippen molar-refractivity contribution in [2.45, 2.75) is 6.42 Å². The van der Waals surface area contributed by atoms with Crippen LogP contribution in [0.5, 0.6) is 5.75 Å².